The third-order valence-electron chi connectivity index (χ3n) is 5.49. The van der Waals surface area contributed by atoms with Gasteiger partial charge in [-0.25, -0.2) is 0 Å². The molecule has 0 spiro atoms. The van der Waals surface area contributed by atoms with Gasteiger partial charge in [-0.3, -0.25) is 0 Å². The Morgan fingerprint density at radius 1 is 1.33 bits per heavy atom. The molecule has 0 aliphatic carbocycles. The molecule has 3 heterocycles. The fraction of sp³-hybridized carbons (Fsp3) is 0.522. The van der Waals surface area contributed by atoms with Crippen molar-refractivity contribution in [2.75, 3.05) is 5.75 Å². The molecule has 2 aliphatic heterocycles. The minimum atomic E-state index is -1.01. The molecule has 33 heavy (non-hydrogen) atoms. The monoisotopic (exact) mass is 546 g/mol. The molecule has 3 rings (SSSR count). The van der Waals surface area contributed by atoms with Gasteiger partial charge >= 0.3 is 207 Å². The number of aromatic nitrogens is 1. The molecule has 8 nitrogen and oxygen atoms in total. The molecular formula is C23H30N4O4SSr. The standard InChI is InChI=1S/C23H29N4O4S.Sr.H/c1-5-6-9-16-11-18(28)24-12-15-8-7-10-17(25-15)20-27-23(4,13-32-20)22(30)26-19(14(2)3)21(29)31-16;;/h6-10,14,16,19H,1,5,11-13H2,2-4H3,(H,24,28)(H,26,30);;/b9-6+;;/t16-,19?,23+;;/m1../s1. The van der Waals surface area contributed by atoms with E-state index < -0.39 is 23.7 Å². The second-order valence-corrected chi connectivity index (χ2v) is 12.3. The predicted molar refractivity (Wildman–Crippen MR) is 130 cm³/mol. The number of rotatable bonds is 4. The van der Waals surface area contributed by atoms with Gasteiger partial charge in [-0.05, 0) is 6.07 Å². The molecule has 174 valence electrons. The quantitative estimate of drug-likeness (QED) is 0.338. The maximum absolute atomic E-state index is 13.2. The van der Waals surface area contributed by atoms with Crippen LogP contribution in [0, 0.1) is 5.92 Å². The molecule has 1 aromatic rings. The number of amides is 2. The summed E-state index contributed by atoms with van der Waals surface area (Å²) in [5, 5.41) is 6.39. The van der Waals surface area contributed by atoms with Crippen molar-refractivity contribution in [2.24, 2.45) is 10.9 Å². The Balaban J connectivity index is 1.95. The van der Waals surface area contributed by atoms with Gasteiger partial charge in [0.05, 0.1) is 0 Å². The van der Waals surface area contributed by atoms with Crippen molar-refractivity contribution in [1.82, 2.24) is 15.6 Å². The van der Waals surface area contributed by atoms with E-state index in [-0.39, 0.29) is 30.7 Å². The molecule has 4 bridgehead atoms. The first-order chi connectivity index (χ1) is 15.7. The summed E-state index contributed by atoms with van der Waals surface area (Å²) in [4.78, 5) is 48.1. The molecule has 0 aromatic carbocycles. The van der Waals surface area contributed by atoms with Gasteiger partial charge in [0.1, 0.15) is 5.04 Å². The number of esters is 1. The second kappa shape index (κ2) is 12.0. The van der Waals surface area contributed by atoms with Crippen LogP contribution in [-0.2, 0) is 25.7 Å². The number of allylic oxidation sites excluding steroid dienone is 1. The summed E-state index contributed by atoms with van der Waals surface area (Å²) < 4.78 is 6.86. The fourth-order valence-electron chi connectivity index (χ4n) is 3.47. The van der Waals surface area contributed by atoms with Gasteiger partial charge in [0.2, 0.25) is 0 Å². The van der Waals surface area contributed by atoms with E-state index in [0.717, 1.165) is 7.81 Å². The van der Waals surface area contributed by atoms with Gasteiger partial charge in [0, 0.05) is 0 Å². The zero-order valence-electron chi connectivity index (χ0n) is 19.6. The van der Waals surface area contributed by atoms with Crippen molar-refractivity contribution < 1.29 is 19.1 Å². The number of hydrogen-bond acceptors (Lipinski definition) is 7. The number of carbonyl (C=O) groups excluding carboxylic acids is 3. The molecule has 10 heteroatoms. The zero-order valence-corrected chi connectivity index (χ0v) is 25.3. The Labute approximate surface area is 228 Å². The second-order valence-electron chi connectivity index (χ2n) is 8.86. The van der Waals surface area contributed by atoms with E-state index in [9.17, 15) is 14.4 Å². The molecule has 0 saturated carbocycles. The molecule has 1 unspecified atom stereocenters. The Kier molecular flexibility index (Phi) is 9.58. The van der Waals surface area contributed by atoms with E-state index in [2.05, 4.69) is 20.6 Å². The Hall–Kier alpha value is -1.20. The van der Waals surface area contributed by atoms with Gasteiger partial charge in [0.15, 0.2) is 0 Å². The number of cyclic esters (lactones) is 1. The third kappa shape index (κ3) is 7.14. The molecule has 2 N–H and O–H groups in total. The molecular weight excluding hydrogens is 516 g/mol. The summed E-state index contributed by atoms with van der Waals surface area (Å²) in [5.41, 5.74) is 0.348. The fourth-order valence-corrected chi connectivity index (χ4v) is 5.43. The Bertz CT molecular complexity index is 968. The predicted octanol–water partition coefficient (Wildman–Crippen LogP) is 1.67. The van der Waals surface area contributed by atoms with Crippen molar-refractivity contribution in [3.63, 3.8) is 0 Å². The van der Waals surface area contributed by atoms with Crippen molar-refractivity contribution in [2.45, 2.75) is 59.2 Å². The number of ether oxygens (including phenoxy) is 1. The van der Waals surface area contributed by atoms with E-state index in [1.165, 1.54) is 11.8 Å². The van der Waals surface area contributed by atoms with E-state index in [4.69, 9.17) is 4.74 Å². The van der Waals surface area contributed by atoms with Crippen LogP contribution in [0.4, 0.5) is 0 Å². The Morgan fingerprint density at radius 3 is 2.85 bits per heavy atom. The zero-order chi connectivity index (χ0) is 24.0. The van der Waals surface area contributed by atoms with Gasteiger partial charge in [0.25, 0.3) is 0 Å². The van der Waals surface area contributed by atoms with Crippen LogP contribution in [0.2, 0.25) is 1.39 Å². The summed E-state index contributed by atoms with van der Waals surface area (Å²) >= 11 is 2.03. The van der Waals surface area contributed by atoms with Crippen LogP contribution < -0.4 is 10.6 Å². The number of pyridine rings is 1. The van der Waals surface area contributed by atoms with Crippen LogP contribution >= 0.6 is 11.8 Å². The number of nitrogens with one attached hydrogen (secondary N) is 2. The van der Waals surface area contributed by atoms with Crippen molar-refractivity contribution in [3.05, 3.63) is 41.7 Å². The minimum absolute atomic E-state index is 0.00790. The summed E-state index contributed by atoms with van der Waals surface area (Å²) in [6.07, 6.45) is 3.95. The van der Waals surface area contributed by atoms with Gasteiger partial charge in [-0.15, -0.1) is 11.8 Å². The van der Waals surface area contributed by atoms with E-state index in [0.29, 0.717) is 65.4 Å². The van der Waals surface area contributed by atoms with Crippen molar-refractivity contribution in [3.8, 4) is 0 Å². The normalized spacial score (nSPS) is 26.6. The number of fused-ring (bicyclic) bond motifs is 4. The summed E-state index contributed by atoms with van der Waals surface area (Å²) in [6.45, 7) is 5.72. The van der Waals surface area contributed by atoms with Gasteiger partial charge < -0.3 is 0 Å². The first-order valence-corrected chi connectivity index (χ1v) is 15.8. The summed E-state index contributed by atoms with van der Waals surface area (Å²) in [7, 11) is 0. The first kappa shape index (κ1) is 26.4. The molecule has 2 amide bonds. The average molecular weight is 546 g/mol. The molecule has 0 fully saturated rings. The van der Waals surface area contributed by atoms with Crippen molar-refractivity contribution >= 4 is 77.8 Å². The van der Waals surface area contributed by atoms with Crippen LogP contribution in [0.5, 0.6) is 0 Å². The van der Waals surface area contributed by atoms with E-state index >= 15 is 0 Å². The van der Waals surface area contributed by atoms with Crippen LogP contribution in [0.3, 0.4) is 0 Å². The van der Waals surface area contributed by atoms with E-state index in [1.54, 1.807) is 13.0 Å². The van der Waals surface area contributed by atoms with Crippen LogP contribution in [-0.4, -0.2) is 94.5 Å². The Morgan fingerprint density at radius 2 is 2.12 bits per heavy atom. The molecule has 0 radical (unpaired) electrons. The van der Waals surface area contributed by atoms with Crippen molar-refractivity contribution in [1.29, 1.82) is 0 Å². The number of aliphatic imine (C=N–C) groups is 1. The molecule has 1 aromatic heterocycles. The van der Waals surface area contributed by atoms with E-state index in [1.807, 2.05) is 38.1 Å². The molecule has 0 saturated heterocycles. The van der Waals surface area contributed by atoms with Gasteiger partial charge in [-0.2, -0.15) is 0 Å². The number of thioether (sulfide) groups is 1. The first-order valence-electron chi connectivity index (χ1n) is 11.4. The molecule has 3 atom stereocenters. The SMILES string of the molecule is CC(C)C1NC(=O)[C@]2(C)CSC(=N2)c2cccc(n2)CNC(=O)C[C@@H](/C=C/C[CH2][SrH])OC1=O. The van der Waals surface area contributed by atoms with Gasteiger partial charge in [-0.1, -0.05) is 0 Å². The summed E-state index contributed by atoms with van der Waals surface area (Å²) in [6, 6.07) is 4.70. The summed E-state index contributed by atoms with van der Waals surface area (Å²) in [5.74, 6) is -0.855. The van der Waals surface area contributed by atoms with Crippen LogP contribution in [0.15, 0.2) is 35.3 Å². The topological polar surface area (TPSA) is 110 Å². The number of hydrogen-bond donors (Lipinski definition) is 2. The number of nitrogens with zero attached hydrogens (tertiary/aromatic N) is 2. The molecule has 2 aliphatic rings. The van der Waals surface area contributed by atoms with Crippen LogP contribution in [0.1, 0.15) is 45.0 Å². The van der Waals surface area contributed by atoms with Crippen LogP contribution in [0.25, 0.3) is 0 Å². The number of carbonyl (C=O) groups is 3. The third-order valence-corrected chi connectivity index (χ3v) is 8.19. The maximum atomic E-state index is 13.2. The average Bonchev–Trinajstić information content (AvgIpc) is 3.19.